The highest BCUT2D eigenvalue weighted by molar-refractivity contribution is 6.00. The van der Waals surface area contributed by atoms with Crippen molar-refractivity contribution in [2.75, 3.05) is 7.11 Å². The van der Waals surface area contributed by atoms with E-state index in [0.717, 1.165) is 0 Å². The van der Waals surface area contributed by atoms with Crippen molar-refractivity contribution < 1.29 is 37.4 Å². The number of amides is 1. The lowest BCUT2D eigenvalue weighted by Gasteiger charge is -2.18. The van der Waals surface area contributed by atoms with Crippen molar-refractivity contribution >= 4 is 23.4 Å². The van der Waals surface area contributed by atoms with Gasteiger partial charge in [-0.3, -0.25) is 9.59 Å². The fraction of sp³-hybridized carbons (Fsp3) is 0.179. The zero-order valence-electron chi connectivity index (χ0n) is 20.6. The number of para-hydroxylation sites is 1. The van der Waals surface area contributed by atoms with E-state index in [9.17, 15) is 23.2 Å². The van der Waals surface area contributed by atoms with E-state index in [-0.39, 0.29) is 22.8 Å². The number of ether oxygens (including phenoxy) is 3. The van der Waals surface area contributed by atoms with Gasteiger partial charge >= 0.3 is 11.9 Å². The van der Waals surface area contributed by atoms with E-state index in [1.54, 1.807) is 0 Å². The van der Waals surface area contributed by atoms with Gasteiger partial charge in [-0.2, -0.15) is 0 Å². The molecule has 0 aliphatic carbocycles. The van der Waals surface area contributed by atoms with Crippen molar-refractivity contribution in [2.45, 2.75) is 26.8 Å². The molecular formula is C28H25F2NO6. The van der Waals surface area contributed by atoms with E-state index in [1.165, 1.54) is 94.6 Å². The first-order valence-electron chi connectivity index (χ1n) is 11.2. The molecule has 1 atom stereocenters. The minimum Gasteiger partial charge on any atom is -0.493 e. The summed E-state index contributed by atoms with van der Waals surface area (Å²) in [6.45, 7) is 4.15. The third-order valence-corrected chi connectivity index (χ3v) is 5.26. The normalized spacial score (nSPS) is 11.2. The summed E-state index contributed by atoms with van der Waals surface area (Å²) in [6, 6.07) is 14.4. The van der Waals surface area contributed by atoms with Crippen LogP contribution in [0, 0.1) is 11.6 Å². The van der Waals surface area contributed by atoms with Gasteiger partial charge in [0, 0.05) is 12.5 Å². The van der Waals surface area contributed by atoms with Crippen LogP contribution in [0.4, 0.5) is 8.78 Å². The highest BCUT2D eigenvalue weighted by Crippen LogP contribution is 2.32. The van der Waals surface area contributed by atoms with Crippen LogP contribution < -0.4 is 14.8 Å². The number of nitrogens with one attached hydrogen (secondary N) is 1. The van der Waals surface area contributed by atoms with E-state index >= 15 is 0 Å². The maximum Gasteiger partial charge on any atom is 0.333 e. The Labute approximate surface area is 212 Å². The van der Waals surface area contributed by atoms with Crippen molar-refractivity contribution in [3.05, 3.63) is 101 Å². The number of benzene rings is 3. The van der Waals surface area contributed by atoms with Gasteiger partial charge in [0.05, 0.1) is 12.7 Å². The number of hydrogen-bond acceptors (Lipinski definition) is 6. The fourth-order valence-corrected chi connectivity index (χ4v) is 3.53. The van der Waals surface area contributed by atoms with Crippen LogP contribution in [0.15, 0.2) is 72.5 Å². The Morgan fingerprint density at radius 2 is 1.38 bits per heavy atom. The monoisotopic (exact) mass is 509 g/mol. The van der Waals surface area contributed by atoms with E-state index < -0.39 is 35.5 Å². The Hall–Kier alpha value is -4.53. The van der Waals surface area contributed by atoms with Gasteiger partial charge in [0.2, 0.25) is 0 Å². The summed E-state index contributed by atoms with van der Waals surface area (Å²) in [5, 5.41) is 2.52. The van der Waals surface area contributed by atoms with Gasteiger partial charge < -0.3 is 19.5 Å². The van der Waals surface area contributed by atoms with Crippen LogP contribution in [-0.2, 0) is 14.3 Å². The molecule has 37 heavy (non-hydrogen) atoms. The molecule has 1 amide bonds. The van der Waals surface area contributed by atoms with Crippen LogP contribution in [0.3, 0.4) is 0 Å². The van der Waals surface area contributed by atoms with Crippen LogP contribution in [-0.4, -0.2) is 31.0 Å². The lowest BCUT2D eigenvalue weighted by atomic mass is 9.97. The summed E-state index contributed by atoms with van der Waals surface area (Å²) in [5.41, 5.74) is 1.51. The molecule has 0 unspecified atom stereocenters. The van der Waals surface area contributed by atoms with Crippen LogP contribution in [0.1, 0.15) is 42.3 Å². The molecule has 0 saturated carbocycles. The number of rotatable bonds is 8. The number of carbonyl (C=O) groups excluding carboxylic acids is 3. The van der Waals surface area contributed by atoms with Gasteiger partial charge in [-0.15, -0.1) is 0 Å². The minimum absolute atomic E-state index is 0.0141. The van der Waals surface area contributed by atoms with Gasteiger partial charge in [0.25, 0.3) is 5.91 Å². The number of halogens is 2. The van der Waals surface area contributed by atoms with E-state index in [1.807, 2.05) is 0 Å². The summed E-state index contributed by atoms with van der Waals surface area (Å²) in [4.78, 5) is 37.3. The molecule has 0 aliphatic rings. The quantitative estimate of drug-likeness (QED) is 0.260. The molecule has 7 nitrogen and oxygen atoms in total. The molecule has 0 heterocycles. The molecule has 192 valence electrons. The van der Waals surface area contributed by atoms with Crippen molar-refractivity contribution in [2.24, 2.45) is 0 Å². The fourth-order valence-electron chi connectivity index (χ4n) is 3.53. The second-order valence-corrected chi connectivity index (χ2v) is 7.99. The number of carbonyl (C=O) groups is 3. The molecule has 0 radical (unpaired) electrons. The van der Waals surface area contributed by atoms with Crippen LogP contribution in [0.2, 0.25) is 0 Å². The van der Waals surface area contributed by atoms with Gasteiger partial charge in [-0.25, -0.2) is 13.6 Å². The molecule has 0 aliphatic heterocycles. The third-order valence-electron chi connectivity index (χ3n) is 5.26. The highest BCUT2D eigenvalue weighted by Gasteiger charge is 2.24. The molecule has 0 fully saturated rings. The summed E-state index contributed by atoms with van der Waals surface area (Å²) >= 11 is 0. The summed E-state index contributed by atoms with van der Waals surface area (Å²) in [7, 11) is 1.36. The zero-order chi connectivity index (χ0) is 27.1. The van der Waals surface area contributed by atoms with Crippen molar-refractivity contribution in [1.82, 2.24) is 5.32 Å². The number of methoxy groups -OCH3 is 1. The SMILES string of the molecule is COc1cccc(C(=O)N[C@@H](C)C(=O)OC(C)=C(c2ccc(F)cc2)c2ccc(F)cc2)c1OC(C)=O. The van der Waals surface area contributed by atoms with E-state index in [2.05, 4.69) is 5.32 Å². The van der Waals surface area contributed by atoms with Gasteiger partial charge in [0.1, 0.15) is 23.4 Å². The average molecular weight is 510 g/mol. The van der Waals surface area contributed by atoms with Crippen molar-refractivity contribution in [3.63, 3.8) is 0 Å². The maximum atomic E-state index is 13.5. The molecule has 9 heteroatoms. The molecule has 0 bridgehead atoms. The lowest BCUT2D eigenvalue weighted by molar-refractivity contribution is -0.141. The summed E-state index contributed by atoms with van der Waals surface area (Å²) in [6.07, 6.45) is 0. The minimum atomic E-state index is -1.11. The summed E-state index contributed by atoms with van der Waals surface area (Å²) < 4.78 is 42.9. The average Bonchev–Trinajstić information content (AvgIpc) is 2.86. The Morgan fingerprint density at radius 3 is 1.86 bits per heavy atom. The largest absolute Gasteiger partial charge is 0.493 e. The lowest BCUT2D eigenvalue weighted by Crippen LogP contribution is -2.39. The molecule has 3 rings (SSSR count). The summed E-state index contributed by atoms with van der Waals surface area (Å²) in [5.74, 6) is -2.78. The smallest absolute Gasteiger partial charge is 0.333 e. The zero-order valence-corrected chi connectivity index (χ0v) is 20.6. The molecule has 0 aromatic heterocycles. The molecule has 3 aromatic carbocycles. The van der Waals surface area contributed by atoms with E-state index in [4.69, 9.17) is 14.2 Å². The Kier molecular flexibility index (Phi) is 8.73. The van der Waals surface area contributed by atoms with Gasteiger partial charge in [-0.1, -0.05) is 30.3 Å². The van der Waals surface area contributed by atoms with Crippen LogP contribution in [0.5, 0.6) is 11.5 Å². The molecule has 1 N–H and O–H groups in total. The van der Waals surface area contributed by atoms with Crippen LogP contribution in [0.25, 0.3) is 5.57 Å². The second-order valence-electron chi connectivity index (χ2n) is 7.99. The Morgan fingerprint density at radius 1 is 0.838 bits per heavy atom. The predicted molar refractivity (Wildman–Crippen MR) is 132 cm³/mol. The molecular weight excluding hydrogens is 484 g/mol. The van der Waals surface area contributed by atoms with Gasteiger partial charge in [-0.05, 0) is 61.4 Å². The number of hydrogen-bond donors (Lipinski definition) is 1. The predicted octanol–water partition coefficient (Wildman–Crippen LogP) is 5.04. The molecule has 0 saturated heterocycles. The first kappa shape index (κ1) is 27.1. The first-order chi connectivity index (χ1) is 17.6. The number of allylic oxidation sites excluding steroid dienone is 1. The molecule has 3 aromatic rings. The first-order valence-corrected chi connectivity index (χ1v) is 11.2. The number of esters is 2. The molecule has 0 spiro atoms. The highest BCUT2D eigenvalue weighted by atomic mass is 19.1. The van der Waals surface area contributed by atoms with E-state index in [0.29, 0.717) is 16.7 Å². The van der Waals surface area contributed by atoms with Crippen molar-refractivity contribution in [3.8, 4) is 11.5 Å². The second kappa shape index (κ2) is 11.9. The standard InChI is InChI=1S/C28H25F2NO6/c1-16(31-27(33)23-6-5-7-24(35-4)26(23)37-18(3)32)28(34)36-17(2)25(19-8-12-21(29)13-9-19)20-10-14-22(30)15-11-20/h5-16H,1-4H3,(H,31,33)/t16-/m0/s1. The van der Waals surface area contributed by atoms with Gasteiger partial charge in [0.15, 0.2) is 11.5 Å². The maximum absolute atomic E-state index is 13.5. The Bertz CT molecular complexity index is 1290. The Balaban J connectivity index is 1.86. The van der Waals surface area contributed by atoms with Crippen molar-refractivity contribution in [1.29, 1.82) is 0 Å². The third kappa shape index (κ3) is 6.78. The topological polar surface area (TPSA) is 90.9 Å². The van der Waals surface area contributed by atoms with Crippen LogP contribution >= 0.6 is 0 Å².